The summed E-state index contributed by atoms with van der Waals surface area (Å²) in [4.78, 5) is 0. The van der Waals surface area contributed by atoms with Crippen molar-refractivity contribution < 1.29 is 4.74 Å². The summed E-state index contributed by atoms with van der Waals surface area (Å²) >= 11 is 0. The minimum absolute atomic E-state index is 0.00107. The van der Waals surface area contributed by atoms with Crippen molar-refractivity contribution in [2.24, 2.45) is 0 Å². The third-order valence-corrected chi connectivity index (χ3v) is 3.48. The Balaban J connectivity index is 2.25. The maximum absolute atomic E-state index is 5.46. The molecule has 0 aromatic heterocycles. The Labute approximate surface area is 94.8 Å². The van der Waals surface area contributed by atoms with Crippen molar-refractivity contribution >= 4 is 0 Å². The van der Waals surface area contributed by atoms with Crippen LogP contribution in [-0.4, -0.2) is 24.8 Å². The average molecular weight is 213 g/mol. The molecule has 1 atom stereocenters. The zero-order chi connectivity index (χ0) is 11.3. The first-order chi connectivity index (χ1) is 7.03. The lowest BCUT2D eigenvalue weighted by Gasteiger charge is -2.31. The summed E-state index contributed by atoms with van der Waals surface area (Å²) in [5, 5.41) is 3.73. The van der Waals surface area contributed by atoms with Crippen molar-refractivity contribution in [2.75, 3.05) is 7.11 Å². The van der Waals surface area contributed by atoms with Gasteiger partial charge in [0.15, 0.2) is 0 Å². The van der Waals surface area contributed by atoms with Crippen LogP contribution in [0.2, 0.25) is 0 Å². The fourth-order valence-electron chi connectivity index (χ4n) is 2.55. The van der Waals surface area contributed by atoms with Gasteiger partial charge in [-0.3, -0.25) is 0 Å². The summed E-state index contributed by atoms with van der Waals surface area (Å²) in [6.45, 7) is 6.59. The quantitative estimate of drug-likeness (QED) is 0.757. The van der Waals surface area contributed by atoms with E-state index in [-0.39, 0.29) is 5.60 Å². The van der Waals surface area contributed by atoms with E-state index in [1.807, 2.05) is 0 Å². The van der Waals surface area contributed by atoms with Gasteiger partial charge in [0.05, 0.1) is 5.60 Å². The van der Waals surface area contributed by atoms with Crippen LogP contribution in [0.5, 0.6) is 0 Å². The molecule has 0 amide bonds. The topological polar surface area (TPSA) is 21.3 Å². The second kappa shape index (κ2) is 5.86. The van der Waals surface area contributed by atoms with Crippen LogP contribution in [0, 0.1) is 0 Å². The largest absolute Gasteiger partial charge is 0.379 e. The summed E-state index contributed by atoms with van der Waals surface area (Å²) in [6.07, 6.45) is 8.03. The summed E-state index contributed by atoms with van der Waals surface area (Å²) < 4.78 is 5.46. The molecule has 1 saturated carbocycles. The summed E-state index contributed by atoms with van der Waals surface area (Å²) in [5.41, 5.74) is 0.00107. The zero-order valence-electron chi connectivity index (χ0n) is 10.8. The molecule has 0 bridgehead atoms. The van der Waals surface area contributed by atoms with Crippen molar-refractivity contribution in [1.29, 1.82) is 0 Å². The summed E-state index contributed by atoms with van der Waals surface area (Å²) in [7, 11) is 1.80. The van der Waals surface area contributed by atoms with Crippen LogP contribution in [0.4, 0.5) is 0 Å². The molecule has 1 N–H and O–H groups in total. The first kappa shape index (κ1) is 13.0. The second-order valence-corrected chi connectivity index (χ2v) is 5.57. The van der Waals surface area contributed by atoms with Gasteiger partial charge in [-0.25, -0.2) is 0 Å². The predicted molar refractivity (Wildman–Crippen MR) is 65.2 cm³/mol. The molecule has 0 radical (unpaired) electrons. The molecule has 0 aromatic rings. The normalized spacial score (nSPS) is 21.6. The fraction of sp³-hybridized carbons (Fsp3) is 1.00. The van der Waals surface area contributed by atoms with Crippen LogP contribution >= 0.6 is 0 Å². The highest BCUT2D eigenvalue weighted by Crippen LogP contribution is 2.20. The molecular formula is C13H27NO. The lowest BCUT2D eigenvalue weighted by atomic mass is 9.93. The van der Waals surface area contributed by atoms with Crippen LogP contribution in [0.3, 0.4) is 0 Å². The van der Waals surface area contributed by atoms with Crippen LogP contribution in [0.1, 0.15) is 59.3 Å². The molecule has 0 spiro atoms. The van der Waals surface area contributed by atoms with Gasteiger partial charge in [-0.1, -0.05) is 19.3 Å². The van der Waals surface area contributed by atoms with Crippen molar-refractivity contribution in [3.63, 3.8) is 0 Å². The molecule has 1 aliphatic rings. The molecule has 1 aliphatic carbocycles. The highest BCUT2D eigenvalue weighted by atomic mass is 16.5. The van der Waals surface area contributed by atoms with E-state index in [4.69, 9.17) is 4.74 Å². The van der Waals surface area contributed by atoms with E-state index >= 15 is 0 Å². The molecule has 1 unspecified atom stereocenters. The average Bonchev–Trinajstić information content (AvgIpc) is 2.18. The van der Waals surface area contributed by atoms with Crippen molar-refractivity contribution in [3.8, 4) is 0 Å². The smallest absolute Gasteiger partial charge is 0.0637 e. The van der Waals surface area contributed by atoms with Crippen LogP contribution < -0.4 is 5.32 Å². The number of hydrogen-bond donors (Lipinski definition) is 1. The van der Waals surface area contributed by atoms with Gasteiger partial charge in [0.1, 0.15) is 0 Å². The van der Waals surface area contributed by atoms with E-state index in [0.717, 1.165) is 12.5 Å². The van der Waals surface area contributed by atoms with E-state index in [1.165, 1.54) is 32.1 Å². The third kappa shape index (κ3) is 4.98. The molecular weight excluding hydrogens is 186 g/mol. The van der Waals surface area contributed by atoms with Gasteiger partial charge in [0, 0.05) is 19.2 Å². The van der Waals surface area contributed by atoms with Crippen LogP contribution in [0.15, 0.2) is 0 Å². The van der Waals surface area contributed by atoms with Gasteiger partial charge in [0.2, 0.25) is 0 Å². The molecule has 2 nitrogen and oxygen atoms in total. The van der Waals surface area contributed by atoms with E-state index < -0.39 is 0 Å². The number of ether oxygens (including phenoxy) is 1. The van der Waals surface area contributed by atoms with Crippen LogP contribution in [-0.2, 0) is 4.74 Å². The van der Waals surface area contributed by atoms with E-state index in [1.54, 1.807) is 7.11 Å². The predicted octanol–water partition coefficient (Wildman–Crippen LogP) is 3.11. The van der Waals surface area contributed by atoms with Gasteiger partial charge in [-0.15, -0.1) is 0 Å². The number of rotatable bonds is 5. The maximum Gasteiger partial charge on any atom is 0.0637 e. The Morgan fingerprint density at radius 3 is 2.40 bits per heavy atom. The molecule has 90 valence electrons. The van der Waals surface area contributed by atoms with Gasteiger partial charge < -0.3 is 10.1 Å². The first-order valence-electron chi connectivity index (χ1n) is 6.35. The van der Waals surface area contributed by atoms with Crippen molar-refractivity contribution in [2.45, 2.75) is 77.0 Å². The lowest BCUT2D eigenvalue weighted by Crippen LogP contribution is -2.42. The Morgan fingerprint density at radius 1 is 1.27 bits per heavy atom. The van der Waals surface area contributed by atoms with Gasteiger partial charge >= 0.3 is 0 Å². The molecule has 0 heterocycles. The molecule has 0 aromatic carbocycles. The van der Waals surface area contributed by atoms with E-state index in [2.05, 4.69) is 26.1 Å². The Hall–Kier alpha value is -0.0800. The first-order valence-corrected chi connectivity index (χ1v) is 6.35. The Kier molecular flexibility index (Phi) is 5.07. The van der Waals surface area contributed by atoms with Crippen LogP contribution in [0.25, 0.3) is 0 Å². The minimum atomic E-state index is 0.00107. The van der Waals surface area contributed by atoms with E-state index in [0.29, 0.717) is 6.04 Å². The molecule has 2 heteroatoms. The third-order valence-electron chi connectivity index (χ3n) is 3.48. The van der Waals surface area contributed by atoms with Gasteiger partial charge in [-0.2, -0.15) is 0 Å². The van der Waals surface area contributed by atoms with Crippen molar-refractivity contribution in [3.05, 3.63) is 0 Å². The standard InChI is InChI=1S/C13H27NO/c1-11(10-13(2,3)15-4)14-12-8-6-5-7-9-12/h11-12,14H,5-10H2,1-4H3. The number of hydrogen-bond acceptors (Lipinski definition) is 2. The SMILES string of the molecule is COC(C)(C)CC(C)NC1CCCCC1. The number of nitrogens with one attached hydrogen (secondary N) is 1. The molecule has 1 rings (SSSR count). The summed E-state index contributed by atoms with van der Waals surface area (Å²) in [6, 6.07) is 1.31. The Morgan fingerprint density at radius 2 is 1.87 bits per heavy atom. The monoisotopic (exact) mass is 213 g/mol. The highest BCUT2D eigenvalue weighted by molar-refractivity contribution is 4.80. The fourth-order valence-corrected chi connectivity index (χ4v) is 2.55. The zero-order valence-corrected chi connectivity index (χ0v) is 10.8. The highest BCUT2D eigenvalue weighted by Gasteiger charge is 2.22. The minimum Gasteiger partial charge on any atom is -0.379 e. The van der Waals surface area contributed by atoms with Crippen molar-refractivity contribution in [1.82, 2.24) is 5.32 Å². The maximum atomic E-state index is 5.46. The van der Waals surface area contributed by atoms with Gasteiger partial charge in [-0.05, 0) is 40.0 Å². The molecule has 0 saturated heterocycles. The lowest BCUT2D eigenvalue weighted by molar-refractivity contribution is 0.00731. The van der Waals surface area contributed by atoms with Gasteiger partial charge in [0.25, 0.3) is 0 Å². The summed E-state index contributed by atoms with van der Waals surface area (Å²) in [5.74, 6) is 0. The van der Waals surface area contributed by atoms with E-state index in [9.17, 15) is 0 Å². The second-order valence-electron chi connectivity index (χ2n) is 5.57. The molecule has 15 heavy (non-hydrogen) atoms. The number of methoxy groups -OCH3 is 1. The molecule has 0 aliphatic heterocycles. The molecule has 1 fully saturated rings. The Bertz CT molecular complexity index is 173.